The Kier molecular flexibility index (Phi) is 8.65. The standard InChI is InChI=1S/C32H38N4O4/c1-4-13-34-15-17-35(18-16-34)32(38)28-21-40-29(33-28)22-39-26-11-10-24-12-14-36(30(37)19-23(2)3)31(27(24)20-26)25-8-6-5-7-9-25/h4-11,20-21,23,31H,1,12-19,22H2,2-3H3. The van der Waals surface area contributed by atoms with Gasteiger partial charge in [-0.25, -0.2) is 4.98 Å². The number of hydrogen-bond acceptors (Lipinski definition) is 6. The van der Waals surface area contributed by atoms with Crippen molar-refractivity contribution in [2.75, 3.05) is 39.3 Å². The van der Waals surface area contributed by atoms with Crippen LogP contribution in [0.15, 0.2) is 71.9 Å². The third kappa shape index (κ3) is 6.28. The minimum absolute atomic E-state index is 0.102. The van der Waals surface area contributed by atoms with E-state index in [1.807, 2.05) is 46.2 Å². The van der Waals surface area contributed by atoms with Crippen molar-refractivity contribution in [2.45, 2.75) is 39.3 Å². The molecular weight excluding hydrogens is 504 g/mol. The van der Waals surface area contributed by atoms with Gasteiger partial charge in [0.1, 0.15) is 12.0 Å². The van der Waals surface area contributed by atoms with E-state index in [0.717, 1.165) is 37.2 Å². The molecule has 3 heterocycles. The summed E-state index contributed by atoms with van der Waals surface area (Å²) in [6.07, 6.45) is 4.61. The monoisotopic (exact) mass is 542 g/mol. The quantitative estimate of drug-likeness (QED) is 0.364. The Morgan fingerprint density at radius 2 is 1.88 bits per heavy atom. The molecule has 1 atom stereocenters. The van der Waals surface area contributed by atoms with Crippen LogP contribution in [0.4, 0.5) is 0 Å². The number of amides is 2. The van der Waals surface area contributed by atoms with Gasteiger partial charge in [-0.05, 0) is 41.2 Å². The molecule has 1 fully saturated rings. The zero-order valence-corrected chi connectivity index (χ0v) is 23.4. The molecule has 0 spiro atoms. The number of aromatic nitrogens is 1. The highest BCUT2D eigenvalue weighted by Gasteiger charge is 2.32. The Balaban J connectivity index is 1.28. The molecule has 1 saturated heterocycles. The second-order valence-corrected chi connectivity index (χ2v) is 10.9. The number of carbonyl (C=O) groups excluding carboxylic acids is 2. The highest BCUT2D eigenvalue weighted by atomic mass is 16.5. The number of rotatable bonds is 9. The van der Waals surface area contributed by atoms with Crippen LogP contribution in [-0.2, 0) is 17.8 Å². The van der Waals surface area contributed by atoms with Crippen LogP contribution in [0.25, 0.3) is 0 Å². The van der Waals surface area contributed by atoms with Gasteiger partial charge in [-0.3, -0.25) is 14.5 Å². The first-order valence-electron chi connectivity index (χ1n) is 14.1. The third-order valence-corrected chi connectivity index (χ3v) is 7.54. The Morgan fingerprint density at radius 3 is 2.60 bits per heavy atom. The van der Waals surface area contributed by atoms with Crippen LogP contribution >= 0.6 is 0 Å². The van der Waals surface area contributed by atoms with Crippen molar-refractivity contribution in [3.63, 3.8) is 0 Å². The predicted octanol–water partition coefficient (Wildman–Crippen LogP) is 4.72. The Bertz CT molecular complexity index is 1330. The molecule has 2 amide bonds. The van der Waals surface area contributed by atoms with Crippen molar-refractivity contribution < 1.29 is 18.7 Å². The lowest BCUT2D eigenvalue weighted by Gasteiger charge is -2.38. The maximum absolute atomic E-state index is 13.3. The van der Waals surface area contributed by atoms with Crippen LogP contribution < -0.4 is 4.74 Å². The molecule has 0 radical (unpaired) electrons. The maximum Gasteiger partial charge on any atom is 0.275 e. The van der Waals surface area contributed by atoms with E-state index in [2.05, 4.69) is 48.5 Å². The van der Waals surface area contributed by atoms with E-state index < -0.39 is 0 Å². The van der Waals surface area contributed by atoms with Crippen LogP contribution in [0.5, 0.6) is 5.75 Å². The number of fused-ring (bicyclic) bond motifs is 1. The van der Waals surface area contributed by atoms with Crippen molar-refractivity contribution in [1.82, 2.24) is 19.7 Å². The highest BCUT2D eigenvalue weighted by Crippen LogP contribution is 2.38. The first kappa shape index (κ1) is 27.6. The fourth-order valence-corrected chi connectivity index (χ4v) is 5.51. The molecule has 0 saturated carbocycles. The van der Waals surface area contributed by atoms with Gasteiger partial charge in [-0.15, -0.1) is 6.58 Å². The van der Waals surface area contributed by atoms with Gasteiger partial charge in [-0.1, -0.05) is 56.3 Å². The van der Waals surface area contributed by atoms with Crippen molar-refractivity contribution in [2.24, 2.45) is 5.92 Å². The lowest BCUT2D eigenvalue weighted by atomic mass is 9.87. The van der Waals surface area contributed by atoms with Gasteiger partial charge in [0.15, 0.2) is 12.3 Å². The second kappa shape index (κ2) is 12.5. The largest absolute Gasteiger partial charge is 0.484 e. The molecule has 5 rings (SSSR count). The van der Waals surface area contributed by atoms with Crippen molar-refractivity contribution in [3.8, 4) is 5.75 Å². The molecule has 210 valence electrons. The molecule has 2 aliphatic rings. The third-order valence-electron chi connectivity index (χ3n) is 7.54. The number of benzene rings is 2. The summed E-state index contributed by atoms with van der Waals surface area (Å²) < 4.78 is 11.7. The van der Waals surface area contributed by atoms with Gasteiger partial charge < -0.3 is 19.0 Å². The molecule has 8 heteroatoms. The summed E-state index contributed by atoms with van der Waals surface area (Å²) in [5.74, 6) is 1.35. The summed E-state index contributed by atoms with van der Waals surface area (Å²) in [7, 11) is 0. The molecule has 1 aromatic heterocycles. The lowest BCUT2D eigenvalue weighted by molar-refractivity contribution is -0.134. The smallest absolute Gasteiger partial charge is 0.275 e. The fourth-order valence-electron chi connectivity index (χ4n) is 5.51. The summed E-state index contributed by atoms with van der Waals surface area (Å²) in [5, 5.41) is 0. The predicted molar refractivity (Wildman–Crippen MR) is 153 cm³/mol. The van der Waals surface area contributed by atoms with E-state index in [1.54, 1.807) is 0 Å². The van der Waals surface area contributed by atoms with Crippen LogP contribution in [-0.4, -0.2) is 70.8 Å². The summed E-state index contributed by atoms with van der Waals surface area (Å²) in [4.78, 5) is 36.7. The van der Waals surface area contributed by atoms with E-state index in [4.69, 9.17) is 9.15 Å². The van der Waals surface area contributed by atoms with Crippen molar-refractivity contribution in [3.05, 3.63) is 95.7 Å². The molecule has 2 aromatic carbocycles. The van der Waals surface area contributed by atoms with E-state index in [0.29, 0.717) is 49.3 Å². The van der Waals surface area contributed by atoms with Gasteiger partial charge in [0, 0.05) is 45.7 Å². The summed E-state index contributed by atoms with van der Waals surface area (Å²) in [6, 6.07) is 16.1. The van der Waals surface area contributed by atoms with Gasteiger partial charge in [0.05, 0.1) is 6.04 Å². The van der Waals surface area contributed by atoms with Crippen molar-refractivity contribution in [1.29, 1.82) is 0 Å². The summed E-state index contributed by atoms with van der Waals surface area (Å²) in [5.41, 5.74) is 3.67. The number of carbonyl (C=O) groups is 2. The summed E-state index contributed by atoms with van der Waals surface area (Å²) in [6.45, 7) is 12.5. The zero-order chi connectivity index (χ0) is 28.1. The molecule has 8 nitrogen and oxygen atoms in total. The van der Waals surface area contributed by atoms with Gasteiger partial charge in [-0.2, -0.15) is 0 Å². The molecule has 0 bridgehead atoms. The number of oxazole rings is 1. The van der Waals surface area contributed by atoms with Gasteiger partial charge in [0.25, 0.3) is 5.91 Å². The summed E-state index contributed by atoms with van der Waals surface area (Å²) >= 11 is 0. The first-order valence-corrected chi connectivity index (χ1v) is 14.1. The van der Waals surface area contributed by atoms with E-state index in [-0.39, 0.29) is 24.5 Å². The average Bonchev–Trinajstić information content (AvgIpc) is 3.45. The normalized spacial score (nSPS) is 17.5. The molecule has 0 N–H and O–H groups in total. The molecule has 0 aliphatic carbocycles. The minimum atomic E-state index is -0.169. The zero-order valence-electron chi connectivity index (χ0n) is 23.4. The number of nitrogens with zero attached hydrogens (tertiary/aromatic N) is 4. The van der Waals surface area contributed by atoms with E-state index in [1.165, 1.54) is 11.8 Å². The Hall–Kier alpha value is -3.91. The fraction of sp³-hybridized carbons (Fsp3) is 0.406. The first-order chi connectivity index (χ1) is 19.4. The molecule has 1 unspecified atom stereocenters. The SMILES string of the molecule is C=CCN1CCN(C(=O)c2coc(COc3ccc4c(c3)C(c3ccccc3)N(C(=O)CC(C)C)CC4)n2)CC1. The van der Waals surface area contributed by atoms with Crippen LogP contribution in [0.1, 0.15) is 59.4 Å². The van der Waals surface area contributed by atoms with Crippen molar-refractivity contribution >= 4 is 11.8 Å². The number of hydrogen-bond donors (Lipinski definition) is 0. The van der Waals surface area contributed by atoms with E-state index in [9.17, 15) is 9.59 Å². The Labute approximate surface area is 236 Å². The van der Waals surface area contributed by atoms with Crippen LogP contribution in [0, 0.1) is 5.92 Å². The lowest BCUT2D eigenvalue weighted by Crippen LogP contribution is -2.48. The number of ether oxygens (including phenoxy) is 1. The Morgan fingerprint density at radius 1 is 1.10 bits per heavy atom. The van der Waals surface area contributed by atoms with Gasteiger partial charge in [0.2, 0.25) is 11.8 Å². The molecule has 3 aromatic rings. The van der Waals surface area contributed by atoms with Crippen LogP contribution in [0.2, 0.25) is 0 Å². The second-order valence-electron chi connectivity index (χ2n) is 10.9. The van der Waals surface area contributed by atoms with E-state index >= 15 is 0 Å². The number of piperazine rings is 1. The highest BCUT2D eigenvalue weighted by molar-refractivity contribution is 5.92. The van der Waals surface area contributed by atoms with Gasteiger partial charge >= 0.3 is 0 Å². The van der Waals surface area contributed by atoms with Crippen LogP contribution in [0.3, 0.4) is 0 Å². The maximum atomic E-state index is 13.3. The molecule has 2 aliphatic heterocycles. The molecule has 40 heavy (non-hydrogen) atoms. The topological polar surface area (TPSA) is 79.1 Å². The average molecular weight is 543 g/mol. The molecular formula is C32H38N4O4. The minimum Gasteiger partial charge on any atom is -0.484 e.